The van der Waals surface area contributed by atoms with Gasteiger partial charge in [-0.15, -0.1) is 0 Å². The zero-order valence-electron chi connectivity index (χ0n) is 10.1. The molecule has 1 spiro atoms. The molecule has 1 aliphatic carbocycles. The van der Waals surface area contributed by atoms with Gasteiger partial charge in [0.25, 0.3) is 0 Å². The number of likely N-dealkylation sites (tertiary alicyclic amines) is 1. The van der Waals surface area contributed by atoms with Crippen LogP contribution in [0.2, 0.25) is 0 Å². The summed E-state index contributed by atoms with van der Waals surface area (Å²) in [5.41, 5.74) is 4.74. The van der Waals surface area contributed by atoms with Crippen molar-refractivity contribution in [1.29, 1.82) is 0 Å². The largest absolute Gasteiger partial charge is 0.328 e. The summed E-state index contributed by atoms with van der Waals surface area (Å²) in [5.74, 6) is -0.0206. The van der Waals surface area contributed by atoms with E-state index in [0.717, 1.165) is 25.7 Å². The standard InChI is InChI=1S/C12H20N2O2/c1-11(2,8-13)14-9(15)7-12(10(14)16)5-3-4-6-12/h3-8,13H2,1-2H3. The van der Waals surface area contributed by atoms with E-state index in [2.05, 4.69) is 0 Å². The van der Waals surface area contributed by atoms with E-state index in [9.17, 15) is 9.59 Å². The lowest BCUT2D eigenvalue weighted by Crippen LogP contribution is -2.53. The molecular weight excluding hydrogens is 204 g/mol. The van der Waals surface area contributed by atoms with E-state index in [1.807, 2.05) is 13.8 Å². The van der Waals surface area contributed by atoms with Gasteiger partial charge in [-0.2, -0.15) is 0 Å². The molecule has 0 unspecified atom stereocenters. The number of carbonyl (C=O) groups excluding carboxylic acids is 2. The van der Waals surface area contributed by atoms with Gasteiger partial charge in [0.05, 0.1) is 11.0 Å². The minimum Gasteiger partial charge on any atom is -0.328 e. The first-order chi connectivity index (χ1) is 7.43. The van der Waals surface area contributed by atoms with Crippen LogP contribution in [-0.4, -0.2) is 28.8 Å². The monoisotopic (exact) mass is 224 g/mol. The fourth-order valence-electron chi connectivity index (χ4n) is 2.94. The minimum absolute atomic E-state index is 0.0189. The van der Waals surface area contributed by atoms with Crippen LogP contribution < -0.4 is 5.73 Å². The number of hydrogen-bond acceptors (Lipinski definition) is 3. The molecule has 2 rings (SSSR count). The van der Waals surface area contributed by atoms with Gasteiger partial charge in [0.1, 0.15) is 0 Å². The van der Waals surface area contributed by atoms with Crippen molar-refractivity contribution in [2.75, 3.05) is 6.54 Å². The Morgan fingerprint density at radius 1 is 1.31 bits per heavy atom. The topological polar surface area (TPSA) is 63.4 Å². The third-order valence-corrected chi connectivity index (χ3v) is 4.06. The van der Waals surface area contributed by atoms with Gasteiger partial charge < -0.3 is 5.73 Å². The van der Waals surface area contributed by atoms with Crippen molar-refractivity contribution >= 4 is 11.8 Å². The van der Waals surface area contributed by atoms with Crippen molar-refractivity contribution in [1.82, 2.24) is 4.90 Å². The highest BCUT2D eigenvalue weighted by Gasteiger charge is 2.55. The van der Waals surface area contributed by atoms with E-state index < -0.39 is 5.54 Å². The highest BCUT2D eigenvalue weighted by molar-refractivity contribution is 6.06. The molecule has 90 valence electrons. The predicted molar refractivity (Wildman–Crippen MR) is 60.5 cm³/mol. The molecule has 0 aromatic carbocycles. The molecule has 0 aromatic rings. The van der Waals surface area contributed by atoms with Gasteiger partial charge in [-0.25, -0.2) is 0 Å². The molecule has 4 nitrogen and oxygen atoms in total. The molecule has 1 saturated carbocycles. The first-order valence-electron chi connectivity index (χ1n) is 6.01. The average Bonchev–Trinajstić information content (AvgIpc) is 2.75. The van der Waals surface area contributed by atoms with Gasteiger partial charge >= 0.3 is 0 Å². The molecular formula is C12H20N2O2. The molecule has 0 aromatic heterocycles. The Labute approximate surface area is 96.2 Å². The van der Waals surface area contributed by atoms with E-state index in [1.165, 1.54) is 4.90 Å². The Bertz CT molecular complexity index is 330. The Kier molecular flexibility index (Phi) is 2.57. The van der Waals surface area contributed by atoms with Crippen LogP contribution in [0.1, 0.15) is 46.0 Å². The third-order valence-electron chi connectivity index (χ3n) is 4.06. The summed E-state index contributed by atoms with van der Waals surface area (Å²) < 4.78 is 0. The van der Waals surface area contributed by atoms with Crippen molar-refractivity contribution in [3.63, 3.8) is 0 Å². The SMILES string of the molecule is CC(C)(CN)N1C(=O)CC2(CCCC2)C1=O. The second kappa shape index (κ2) is 3.55. The lowest BCUT2D eigenvalue weighted by atomic mass is 9.84. The fourth-order valence-corrected chi connectivity index (χ4v) is 2.94. The van der Waals surface area contributed by atoms with Crippen LogP contribution in [0.5, 0.6) is 0 Å². The first kappa shape index (κ1) is 11.6. The molecule has 1 aliphatic heterocycles. The molecule has 2 N–H and O–H groups in total. The molecule has 1 heterocycles. The second-order valence-corrected chi connectivity index (χ2v) is 5.72. The molecule has 0 atom stereocenters. The minimum atomic E-state index is -0.541. The molecule has 0 radical (unpaired) electrons. The maximum absolute atomic E-state index is 12.4. The van der Waals surface area contributed by atoms with Crippen LogP contribution in [0.25, 0.3) is 0 Å². The summed E-state index contributed by atoms with van der Waals surface area (Å²) in [6, 6.07) is 0. The van der Waals surface area contributed by atoms with Gasteiger partial charge in [0.15, 0.2) is 0 Å². The van der Waals surface area contributed by atoms with Crippen molar-refractivity contribution < 1.29 is 9.59 Å². The number of nitrogens with two attached hydrogens (primary N) is 1. The summed E-state index contributed by atoms with van der Waals surface area (Å²) in [7, 11) is 0. The molecule has 2 aliphatic rings. The molecule has 1 saturated heterocycles. The number of imide groups is 1. The van der Waals surface area contributed by atoms with Crippen molar-refractivity contribution in [2.45, 2.75) is 51.5 Å². The Morgan fingerprint density at radius 2 is 1.88 bits per heavy atom. The van der Waals surface area contributed by atoms with Crippen LogP contribution in [0.4, 0.5) is 0 Å². The smallest absolute Gasteiger partial charge is 0.236 e. The van der Waals surface area contributed by atoms with Gasteiger partial charge in [-0.1, -0.05) is 12.8 Å². The molecule has 0 bridgehead atoms. The number of hydrogen-bond donors (Lipinski definition) is 1. The van der Waals surface area contributed by atoms with Gasteiger partial charge in [-0.3, -0.25) is 14.5 Å². The number of nitrogens with zero attached hydrogens (tertiary/aromatic N) is 1. The summed E-state index contributed by atoms with van der Waals surface area (Å²) in [6.07, 6.45) is 4.27. The molecule has 2 amide bonds. The van der Waals surface area contributed by atoms with E-state index in [-0.39, 0.29) is 17.2 Å². The maximum Gasteiger partial charge on any atom is 0.236 e. The lowest BCUT2D eigenvalue weighted by molar-refractivity contribution is -0.147. The van der Waals surface area contributed by atoms with Crippen LogP contribution in [0.15, 0.2) is 0 Å². The number of rotatable bonds is 2. The van der Waals surface area contributed by atoms with Gasteiger partial charge in [0, 0.05) is 13.0 Å². The molecule has 16 heavy (non-hydrogen) atoms. The molecule has 4 heteroatoms. The second-order valence-electron chi connectivity index (χ2n) is 5.72. The highest BCUT2D eigenvalue weighted by atomic mass is 16.2. The summed E-state index contributed by atoms with van der Waals surface area (Å²) in [4.78, 5) is 25.8. The van der Waals surface area contributed by atoms with Crippen LogP contribution >= 0.6 is 0 Å². The average molecular weight is 224 g/mol. The van der Waals surface area contributed by atoms with Gasteiger partial charge in [-0.05, 0) is 26.7 Å². The quantitative estimate of drug-likeness (QED) is 0.713. The summed E-state index contributed by atoms with van der Waals surface area (Å²) in [6.45, 7) is 4.04. The van der Waals surface area contributed by atoms with E-state index >= 15 is 0 Å². The number of carbonyl (C=O) groups is 2. The lowest BCUT2D eigenvalue weighted by Gasteiger charge is -2.34. The summed E-state index contributed by atoms with van der Waals surface area (Å²) >= 11 is 0. The van der Waals surface area contributed by atoms with Crippen LogP contribution in [0, 0.1) is 5.41 Å². The van der Waals surface area contributed by atoms with E-state index in [0.29, 0.717) is 13.0 Å². The fraction of sp³-hybridized carbons (Fsp3) is 0.833. The zero-order chi connectivity index (χ0) is 12.0. The van der Waals surface area contributed by atoms with E-state index in [1.54, 1.807) is 0 Å². The van der Waals surface area contributed by atoms with Crippen molar-refractivity contribution in [3.8, 4) is 0 Å². The van der Waals surface area contributed by atoms with Crippen molar-refractivity contribution in [3.05, 3.63) is 0 Å². The highest BCUT2D eigenvalue weighted by Crippen LogP contribution is 2.48. The van der Waals surface area contributed by atoms with E-state index in [4.69, 9.17) is 5.73 Å². The third kappa shape index (κ3) is 1.47. The predicted octanol–water partition coefficient (Wildman–Crippen LogP) is 1.04. The zero-order valence-corrected chi connectivity index (χ0v) is 10.1. The number of amides is 2. The van der Waals surface area contributed by atoms with Gasteiger partial charge in [0.2, 0.25) is 11.8 Å². The Balaban J connectivity index is 2.30. The summed E-state index contributed by atoms with van der Waals surface area (Å²) in [5, 5.41) is 0. The Morgan fingerprint density at radius 3 is 2.38 bits per heavy atom. The van der Waals surface area contributed by atoms with Crippen LogP contribution in [0.3, 0.4) is 0 Å². The first-order valence-corrected chi connectivity index (χ1v) is 6.01. The van der Waals surface area contributed by atoms with Crippen LogP contribution in [-0.2, 0) is 9.59 Å². The normalized spacial score (nSPS) is 24.8. The van der Waals surface area contributed by atoms with Crippen molar-refractivity contribution in [2.24, 2.45) is 11.1 Å². The maximum atomic E-state index is 12.4. The Hall–Kier alpha value is -0.900. The molecule has 2 fully saturated rings.